The van der Waals surface area contributed by atoms with Crippen LogP contribution in [0.2, 0.25) is 0 Å². The number of imidazole rings is 1. The SMILES string of the molecule is Cc1nn(-c2ccccc2)c(C)c1CN(C)C(=O)Cn1c(SC(F)F)nc2ccccc21. The van der Waals surface area contributed by atoms with Crippen molar-refractivity contribution in [1.29, 1.82) is 0 Å². The molecule has 4 rings (SSSR count). The Morgan fingerprint density at radius 3 is 2.50 bits per heavy atom. The second-order valence-electron chi connectivity index (χ2n) is 7.49. The number of benzene rings is 2. The van der Waals surface area contributed by atoms with Gasteiger partial charge in [0.05, 0.1) is 22.4 Å². The van der Waals surface area contributed by atoms with Gasteiger partial charge in [0.15, 0.2) is 5.16 Å². The average Bonchev–Trinajstić information content (AvgIpc) is 3.25. The lowest BCUT2D eigenvalue weighted by Gasteiger charge is -2.19. The monoisotopic (exact) mass is 455 g/mol. The second-order valence-corrected chi connectivity index (χ2v) is 8.45. The first kappa shape index (κ1) is 22.0. The highest BCUT2D eigenvalue weighted by Gasteiger charge is 2.21. The van der Waals surface area contributed by atoms with Gasteiger partial charge in [-0.25, -0.2) is 9.67 Å². The Balaban J connectivity index is 1.57. The quantitative estimate of drug-likeness (QED) is 0.375. The number of aryl methyl sites for hydroxylation is 1. The molecular formula is C23H23F2N5OS. The predicted octanol–water partition coefficient (Wildman–Crippen LogP) is 4.81. The van der Waals surface area contributed by atoms with E-state index < -0.39 is 5.76 Å². The van der Waals surface area contributed by atoms with Gasteiger partial charge in [0.2, 0.25) is 5.91 Å². The lowest BCUT2D eigenvalue weighted by atomic mass is 10.2. The number of halogens is 2. The number of para-hydroxylation sites is 3. The maximum atomic E-state index is 13.0. The molecule has 0 unspecified atom stereocenters. The Morgan fingerprint density at radius 2 is 1.78 bits per heavy atom. The maximum Gasteiger partial charge on any atom is 0.291 e. The van der Waals surface area contributed by atoms with Gasteiger partial charge in [-0.15, -0.1) is 0 Å². The Bertz CT molecular complexity index is 1250. The van der Waals surface area contributed by atoms with Crippen molar-refractivity contribution in [2.45, 2.75) is 37.9 Å². The number of amides is 1. The number of hydrogen-bond donors (Lipinski definition) is 0. The van der Waals surface area contributed by atoms with Gasteiger partial charge in [0.25, 0.3) is 5.76 Å². The topological polar surface area (TPSA) is 56.0 Å². The van der Waals surface area contributed by atoms with Crippen molar-refractivity contribution in [2.24, 2.45) is 0 Å². The van der Waals surface area contributed by atoms with Crippen LogP contribution in [-0.4, -0.2) is 42.9 Å². The van der Waals surface area contributed by atoms with Gasteiger partial charge in [-0.05, 0) is 49.9 Å². The third-order valence-corrected chi connectivity index (χ3v) is 6.07. The highest BCUT2D eigenvalue weighted by Crippen LogP contribution is 2.28. The molecule has 9 heteroatoms. The summed E-state index contributed by atoms with van der Waals surface area (Å²) < 4.78 is 29.5. The van der Waals surface area contributed by atoms with Crippen molar-refractivity contribution < 1.29 is 13.6 Å². The summed E-state index contributed by atoms with van der Waals surface area (Å²) in [5.74, 6) is -2.82. The van der Waals surface area contributed by atoms with Crippen molar-refractivity contribution >= 4 is 28.7 Å². The van der Waals surface area contributed by atoms with Crippen LogP contribution in [0.1, 0.15) is 17.0 Å². The van der Waals surface area contributed by atoms with Crippen molar-refractivity contribution in [1.82, 2.24) is 24.2 Å². The molecule has 0 atom stereocenters. The standard InChI is InChI=1S/C23H23F2N5OS/c1-15-18(16(2)30(27-15)17-9-5-4-6-10-17)13-28(3)21(31)14-29-20-12-8-7-11-19(20)26-23(29)32-22(24)25/h4-12,22H,13-14H2,1-3H3. The van der Waals surface area contributed by atoms with Gasteiger partial charge in [-0.3, -0.25) is 4.79 Å². The van der Waals surface area contributed by atoms with Gasteiger partial charge < -0.3 is 9.47 Å². The third kappa shape index (κ3) is 4.38. The average molecular weight is 456 g/mol. The molecule has 0 N–H and O–H groups in total. The fourth-order valence-corrected chi connectivity index (χ4v) is 4.28. The lowest BCUT2D eigenvalue weighted by molar-refractivity contribution is -0.131. The zero-order valence-corrected chi connectivity index (χ0v) is 18.8. The van der Waals surface area contributed by atoms with Crippen molar-refractivity contribution in [3.63, 3.8) is 0 Å². The van der Waals surface area contributed by atoms with Crippen LogP contribution in [0.15, 0.2) is 59.8 Å². The summed E-state index contributed by atoms with van der Waals surface area (Å²) in [4.78, 5) is 18.9. The summed E-state index contributed by atoms with van der Waals surface area (Å²) in [6, 6.07) is 16.9. The molecule has 32 heavy (non-hydrogen) atoms. The third-order valence-electron chi connectivity index (χ3n) is 5.37. The molecule has 2 aromatic heterocycles. The molecule has 6 nitrogen and oxygen atoms in total. The maximum absolute atomic E-state index is 13.0. The summed E-state index contributed by atoms with van der Waals surface area (Å²) in [6.45, 7) is 4.19. The molecular weight excluding hydrogens is 432 g/mol. The Morgan fingerprint density at radius 1 is 1.09 bits per heavy atom. The van der Waals surface area contributed by atoms with E-state index in [0.29, 0.717) is 29.3 Å². The van der Waals surface area contributed by atoms with E-state index in [2.05, 4.69) is 10.1 Å². The minimum absolute atomic E-state index is 0.0724. The van der Waals surface area contributed by atoms with Gasteiger partial charge in [0, 0.05) is 24.8 Å². The Kier molecular flexibility index (Phi) is 6.27. The highest BCUT2D eigenvalue weighted by molar-refractivity contribution is 7.99. The minimum Gasteiger partial charge on any atom is -0.340 e. The molecule has 0 aliphatic rings. The first-order chi connectivity index (χ1) is 15.3. The molecule has 0 bridgehead atoms. The van der Waals surface area contributed by atoms with E-state index in [4.69, 9.17) is 0 Å². The van der Waals surface area contributed by atoms with Crippen molar-refractivity contribution in [2.75, 3.05) is 7.05 Å². The van der Waals surface area contributed by atoms with Crippen LogP contribution in [0.5, 0.6) is 0 Å². The first-order valence-corrected chi connectivity index (χ1v) is 11.0. The summed E-state index contributed by atoms with van der Waals surface area (Å²) in [5, 5.41) is 4.76. The molecule has 0 saturated carbocycles. The Labute approximate surface area is 188 Å². The van der Waals surface area contributed by atoms with E-state index in [1.165, 1.54) is 0 Å². The number of thioether (sulfide) groups is 1. The number of nitrogens with zero attached hydrogens (tertiary/aromatic N) is 5. The molecule has 0 saturated heterocycles. The van der Waals surface area contributed by atoms with Crippen LogP contribution >= 0.6 is 11.8 Å². The van der Waals surface area contributed by atoms with Crippen LogP contribution in [0.4, 0.5) is 8.78 Å². The van der Waals surface area contributed by atoms with Crippen LogP contribution in [0.25, 0.3) is 16.7 Å². The molecule has 166 valence electrons. The number of rotatable bonds is 7. The number of carbonyl (C=O) groups is 1. The molecule has 0 spiro atoms. The van der Waals surface area contributed by atoms with E-state index in [-0.39, 0.29) is 17.6 Å². The summed E-state index contributed by atoms with van der Waals surface area (Å²) in [6.07, 6.45) is 0. The van der Waals surface area contributed by atoms with Gasteiger partial charge in [-0.2, -0.15) is 13.9 Å². The molecule has 1 amide bonds. The molecule has 0 radical (unpaired) electrons. The minimum atomic E-state index is -2.62. The van der Waals surface area contributed by atoms with E-state index in [1.54, 1.807) is 40.8 Å². The fourth-order valence-electron chi connectivity index (χ4n) is 3.68. The van der Waals surface area contributed by atoms with E-state index in [1.807, 2.05) is 48.9 Å². The normalized spacial score (nSPS) is 11.4. The summed E-state index contributed by atoms with van der Waals surface area (Å²) in [5.41, 5.74) is 4.95. The smallest absolute Gasteiger partial charge is 0.291 e. The lowest BCUT2D eigenvalue weighted by Crippen LogP contribution is -2.30. The number of aromatic nitrogens is 4. The summed E-state index contributed by atoms with van der Waals surface area (Å²) in [7, 11) is 1.71. The number of carbonyl (C=O) groups excluding carboxylic acids is 1. The summed E-state index contributed by atoms with van der Waals surface area (Å²) >= 11 is 0.349. The predicted molar refractivity (Wildman–Crippen MR) is 121 cm³/mol. The van der Waals surface area contributed by atoms with Gasteiger partial charge in [-0.1, -0.05) is 30.3 Å². The molecule has 0 fully saturated rings. The van der Waals surface area contributed by atoms with E-state index >= 15 is 0 Å². The molecule has 0 aliphatic carbocycles. The largest absolute Gasteiger partial charge is 0.340 e. The zero-order valence-electron chi connectivity index (χ0n) is 18.0. The Hall–Kier alpha value is -3.20. The van der Waals surface area contributed by atoms with Crippen LogP contribution in [0, 0.1) is 13.8 Å². The van der Waals surface area contributed by atoms with Crippen molar-refractivity contribution in [3.05, 3.63) is 71.5 Å². The second kappa shape index (κ2) is 9.12. The van der Waals surface area contributed by atoms with Crippen LogP contribution in [0.3, 0.4) is 0 Å². The molecule has 2 heterocycles. The number of alkyl halides is 2. The fraction of sp³-hybridized carbons (Fsp3) is 0.261. The molecule has 2 aromatic carbocycles. The highest BCUT2D eigenvalue weighted by atomic mass is 32.2. The molecule has 0 aliphatic heterocycles. The zero-order chi connectivity index (χ0) is 22.8. The number of likely N-dealkylation sites (N-methyl/N-ethyl adjacent to an activating group) is 1. The molecule has 4 aromatic rings. The van der Waals surface area contributed by atoms with Crippen LogP contribution < -0.4 is 0 Å². The van der Waals surface area contributed by atoms with E-state index in [9.17, 15) is 13.6 Å². The van der Waals surface area contributed by atoms with Crippen LogP contribution in [-0.2, 0) is 17.9 Å². The number of hydrogen-bond acceptors (Lipinski definition) is 4. The van der Waals surface area contributed by atoms with Crippen molar-refractivity contribution in [3.8, 4) is 5.69 Å². The van der Waals surface area contributed by atoms with Gasteiger partial charge in [0.1, 0.15) is 6.54 Å². The first-order valence-electron chi connectivity index (χ1n) is 10.1. The van der Waals surface area contributed by atoms with Gasteiger partial charge >= 0.3 is 0 Å². The van der Waals surface area contributed by atoms with E-state index in [0.717, 1.165) is 22.6 Å². The number of fused-ring (bicyclic) bond motifs is 1.